The Bertz CT molecular complexity index is 723. The van der Waals surface area contributed by atoms with Gasteiger partial charge in [-0.2, -0.15) is 4.79 Å². The van der Waals surface area contributed by atoms with Crippen molar-refractivity contribution in [1.29, 1.82) is 0 Å². The Hall–Kier alpha value is -1.91. The number of ether oxygens (including phenoxy) is 3. The van der Waals surface area contributed by atoms with Gasteiger partial charge in [-0.05, 0) is 69.2 Å². The van der Waals surface area contributed by atoms with Crippen molar-refractivity contribution in [2.45, 2.75) is 92.1 Å². The second-order valence-electron chi connectivity index (χ2n) is 12.3. The fraction of sp³-hybridized carbons (Fsp3) is 0.880. The highest BCUT2D eigenvalue weighted by Crippen LogP contribution is 2.22. The molecule has 0 aliphatic carbocycles. The molecule has 10 heteroatoms. The molecule has 0 spiro atoms. The minimum absolute atomic E-state index is 0.124. The largest absolute Gasteiger partial charge is 0.517 e. The van der Waals surface area contributed by atoms with E-state index in [4.69, 9.17) is 14.2 Å². The van der Waals surface area contributed by atoms with Crippen LogP contribution < -0.4 is 10.6 Å². The highest BCUT2D eigenvalue weighted by molar-refractivity contribution is 5.74. The number of hydrogen-bond donors (Lipinski definition) is 2. The van der Waals surface area contributed by atoms with Gasteiger partial charge in [-0.3, -0.25) is 0 Å². The van der Waals surface area contributed by atoms with Crippen LogP contribution in [0.3, 0.4) is 0 Å². The smallest absolute Gasteiger partial charge is 0.456 e. The SMILES string of the molecule is CC1CNCCN(C(=O)OC(C)(C)C)CCNCC[N+]1(CC(=O)OC(C)(C)C)C(=O)OC(C)(C)C. The van der Waals surface area contributed by atoms with Gasteiger partial charge in [-0.25, -0.2) is 14.1 Å². The van der Waals surface area contributed by atoms with Crippen molar-refractivity contribution < 1.29 is 33.1 Å². The molecule has 0 aromatic carbocycles. The number of esters is 1. The Balaban J connectivity index is 3.11. The zero-order valence-electron chi connectivity index (χ0n) is 23.6. The molecule has 2 N–H and O–H groups in total. The van der Waals surface area contributed by atoms with Crippen LogP contribution in [-0.2, 0) is 19.0 Å². The summed E-state index contributed by atoms with van der Waals surface area (Å²) in [6.45, 7) is 21.4. The quantitative estimate of drug-likeness (QED) is 0.338. The molecule has 0 bridgehead atoms. The molecule has 1 saturated heterocycles. The van der Waals surface area contributed by atoms with Crippen LogP contribution in [-0.4, -0.2) is 103 Å². The van der Waals surface area contributed by atoms with Gasteiger partial charge in [0.2, 0.25) is 0 Å². The van der Waals surface area contributed by atoms with E-state index in [9.17, 15) is 14.4 Å². The van der Waals surface area contributed by atoms with Crippen LogP contribution in [0.25, 0.3) is 0 Å². The molecule has 0 saturated carbocycles. The van der Waals surface area contributed by atoms with E-state index in [1.54, 1.807) is 4.90 Å². The zero-order valence-corrected chi connectivity index (χ0v) is 23.6. The summed E-state index contributed by atoms with van der Waals surface area (Å²) < 4.78 is 16.7. The molecule has 10 nitrogen and oxygen atoms in total. The molecule has 1 aliphatic rings. The van der Waals surface area contributed by atoms with Crippen LogP contribution in [0.15, 0.2) is 0 Å². The Kier molecular flexibility index (Phi) is 11.0. The average molecular weight is 502 g/mol. The lowest BCUT2D eigenvalue weighted by Gasteiger charge is -2.41. The summed E-state index contributed by atoms with van der Waals surface area (Å²) in [5, 5.41) is 6.67. The third-order valence-electron chi connectivity index (χ3n) is 5.33. The fourth-order valence-electron chi connectivity index (χ4n) is 3.69. The van der Waals surface area contributed by atoms with Crippen molar-refractivity contribution in [1.82, 2.24) is 15.5 Å². The van der Waals surface area contributed by atoms with Crippen LogP contribution in [0.2, 0.25) is 0 Å². The van der Waals surface area contributed by atoms with Crippen LogP contribution in [0.1, 0.15) is 69.2 Å². The Morgan fingerprint density at radius 3 is 1.83 bits per heavy atom. The predicted octanol–water partition coefficient (Wildman–Crippen LogP) is 2.90. The molecule has 204 valence electrons. The van der Waals surface area contributed by atoms with Gasteiger partial charge in [-0.1, -0.05) is 0 Å². The monoisotopic (exact) mass is 501 g/mol. The first-order valence-electron chi connectivity index (χ1n) is 12.6. The molecule has 1 rings (SSSR count). The lowest BCUT2D eigenvalue weighted by molar-refractivity contribution is -0.872. The average Bonchev–Trinajstić information content (AvgIpc) is 2.62. The third-order valence-corrected chi connectivity index (χ3v) is 5.33. The normalized spacial score (nSPS) is 23.5. The third kappa shape index (κ3) is 11.6. The second kappa shape index (κ2) is 12.4. The number of nitrogens with zero attached hydrogens (tertiary/aromatic N) is 2. The molecule has 0 aromatic heterocycles. The fourth-order valence-corrected chi connectivity index (χ4v) is 3.69. The molecule has 0 radical (unpaired) electrons. The van der Waals surface area contributed by atoms with Gasteiger partial charge in [0.15, 0.2) is 6.54 Å². The summed E-state index contributed by atoms with van der Waals surface area (Å²) in [7, 11) is 0. The second-order valence-corrected chi connectivity index (χ2v) is 12.3. The summed E-state index contributed by atoms with van der Waals surface area (Å²) >= 11 is 0. The first-order chi connectivity index (χ1) is 15.8. The molecule has 2 amide bonds. The van der Waals surface area contributed by atoms with Crippen molar-refractivity contribution in [2.24, 2.45) is 0 Å². The van der Waals surface area contributed by atoms with E-state index in [1.807, 2.05) is 69.2 Å². The summed E-state index contributed by atoms with van der Waals surface area (Å²) in [4.78, 5) is 40.7. The highest BCUT2D eigenvalue weighted by atomic mass is 16.6. The summed E-state index contributed by atoms with van der Waals surface area (Å²) in [5.41, 5.74) is -1.93. The first kappa shape index (κ1) is 31.1. The van der Waals surface area contributed by atoms with Crippen molar-refractivity contribution >= 4 is 18.2 Å². The summed E-state index contributed by atoms with van der Waals surface area (Å²) in [6, 6.07) is -0.284. The molecule has 1 fully saturated rings. The molecule has 1 aliphatic heterocycles. The minimum Gasteiger partial charge on any atom is -0.456 e. The zero-order chi connectivity index (χ0) is 27.1. The van der Waals surface area contributed by atoms with Crippen molar-refractivity contribution in [3.05, 3.63) is 0 Å². The van der Waals surface area contributed by atoms with E-state index in [2.05, 4.69) is 10.6 Å². The molecular formula is C25H49N4O6+. The lowest BCUT2D eigenvalue weighted by Crippen LogP contribution is -2.66. The van der Waals surface area contributed by atoms with Crippen LogP contribution >= 0.6 is 0 Å². The standard InChI is InChI=1S/C25H49N4O6/c1-19-17-27-12-15-28(21(31)34-24(5,6)7)14-11-26-13-16-29(19,22(32)35-25(8,9)10)18-20(30)33-23(2,3)4/h19,26-27H,11-18H2,1-10H3/q+1. The van der Waals surface area contributed by atoms with Crippen molar-refractivity contribution in [2.75, 3.05) is 52.4 Å². The van der Waals surface area contributed by atoms with Crippen LogP contribution in [0.4, 0.5) is 9.59 Å². The maximum atomic E-state index is 13.6. The van der Waals surface area contributed by atoms with E-state index in [1.165, 1.54) is 0 Å². The summed E-state index contributed by atoms with van der Waals surface area (Å²) in [6.07, 6.45) is -0.804. The molecule has 2 unspecified atom stereocenters. The van der Waals surface area contributed by atoms with Gasteiger partial charge in [0, 0.05) is 39.3 Å². The maximum Gasteiger partial charge on any atom is 0.517 e. The van der Waals surface area contributed by atoms with Crippen LogP contribution in [0, 0.1) is 0 Å². The Morgan fingerprint density at radius 1 is 0.800 bits per heavy atom. The van der Waals surface area contributed by atoms with Crippen molar-refractivity contribution in [3.63, 3.8) is 0 Å². The van der Waals surface area contributed by atoms with Crippen LogP contribution in [0.5, 0.6) is 0 Å². The molecule has 0 aromatic rings. The number of nitrogens with one attached hydrogen (secondary N) is 2. The first-order valence-corrected chi connectivity index (χ1v) is 12.6. The number of rotatable bonds is 2. The van der Waals surface area contributed by atoms with Gasteiger partial charge < -0.3 is 29.7 Å². The van der Waals surface area contributed by atoms with Gasteiger partial charge in [-0.15, -0.1) is 0 Å². The topological polar surface area (TPSA) is 106 Å². The molecular weight excluding hydrogens is 452 g/mol. The van der Waals surface area contributed by atoms with E-state index >= 15 is 0 Å². The van der Waals surface area contributed by atoms with Gasteiger partial charge in [0.05, 0.1) is 0 Å². The van der Waals surface area contributed by atoms with Gasteiger partial charge in [0.1, 0.15) is 29.4 Å². The highest BCUT2D eigenvalue weighted by Gasteiger charge is 2.47. The molecule has 2 atom stereocenters. The minimum atomic E-state index is -0.700. The number of carbonyl (C=O) groups is 3. The number of carbonyl (C=O) groups excluding carboxylic acids is 3. The number of hydrogen-bond acceptors (Lipinski definition) is 8. The molecule has 35 heavy (non-hydrogen) atoms. The van der Waals surface area contributed by atoms with Gasteiger partial charge >= 0.3 is 18.2 Å². The van der Waals surface area contributed by atoms with E-state index < -0.39 is 28.9 Å². The van der Waals surface area contributed by atoms with E-state index in [0.29, 0.717) is 45.8 Å². The maximum absolute atomic E-state index is 13.6. The molecule has 1 heterocycles. The lowest BCUT2D eigenvalue weighted by atomic mass is 10.1. The number of quaternary nitrogens is 1. The predicted molar refractivity (Wildman–Crippen MR) is 135 cm³/mol. The van der Waals surface area contributed by atoms with E-state index in [0.717, 1.165) is 0 Å². The van der Waals surface area contributed by atoms with Gasteiger partial charge in [0.25, 0.3) is 0 Å². The number of amides is 2. The summed E-state index contributed by atoms with van der Waals surface area (Å²) in [5.74, 6) is -0.446. The Labute approximate surface area is 211 Å². The van der Waals surface area contributed by atoms with Crippen molar-refractivity contribution in [3.8, 4) is 0 Å². The van der Waals surface area contributed by atoms with E-state index in [-0.39, 0.29) is 23.2 Å². The Morgan fingerprint density at radius 2 is 1.31 bits per heavy atom.